The molecule has 0 saturated carbocycles. The molecular weight excluding hydrogens is 190 g/mol. The Hall–Kier alpha value is -0.570. The third kappa shape index (κ3) is 5.17. The Labute approximate surface area is 93.6 Å². The molecule has 0 atom stereocenters. The minimum atomic E-state index is -0.156. The molecule has 0 aromatic heterocycles. The average molecular weight is 215 g/mol. The van der Waals surface area contributed by atoms with Gasteiger partial charge < -0.3 is 10.1 Å². The second kappa shape index (κ2) is 5.50. The molecule has 1 N–H and O–H groups in total. The lowest BCUT2D eigenvalue weighted by Gasteiger charge is -2.39. The van der Waals surface area contributed by atoms with Gasteiger partial charge in [0.05, 0.1) is 13.5 Å². The van der Waals surface area contributed by atoms with E-state index in [4.69, 9.17) is 0 Å². The molecule has 0 bridgehead atoms. The van der Waals surface area contributed by atoms with Gasteiger partial charge in [-0.3, -0.25) is 4.79 Å². The van der Waals surface area contributed by atoms with E-state index in [1.54, 1.807) is 0 Å². The number of methoxy groups -OCH3 is 1. The number of hydrogen-bond acceptors (Lipinski definition) is 3. The molecule has 0 aromatic rings. The monoisotopic (exact) mass is 215 g/mol. The summed E-state index contributed by atoms with van der Waals surface area (Å²) in [5, 5.41) is 3.30. The molecule has 0 rings (SSSR count). The summed E-state index contributed by atoms with van der Waals surface area (Å²) < 4.78 is 4.57. The van der Waals surface area contributed by atoms with Gasteiger partial charge in [0.25, 0.3) is 0 Å². The van der Waals surface area contributed by atoms with E-state index in [-0.39, 0.29) is 16.8 Å². The first kappa shape index (κ1) is 14.4. The number of carbonyl (C=O) groups is 1. The summed E-state index contributed by atoms with van der Waals surface area (Å²) in [6, 6.07) is 0. The summed E-state index contributed by atoms with van der Waals surface area (Å²) in [4.78, 5) is 10.9. The Morgan fingerprint density at radius 1 is 1.20 bits per heavy atom. The SMILES string of the molecule is COC(=O)CCNCC(C)(C)C(C)(C)C. The molecule has 0 amide bonds. The summed E-state index contributed by atoms with van der Waals surface area (Å²) in [5.74, 6) is -0.156. The predicted molar refractivity (Wildman–Crippen MR) is 62.7 cm³/mol. The number of rotatable bonds is 5. The fourth-order valence-electron chi connectivity index (χ4n) is 0.959. The average Bonchev–Trinajstić information content (AvgIpc) is 2.10. The zero-order valence-corrected chi connectivity index (χ0v) is 10.9. The van der Waals surface area contributed by atoms with Crippen LogP contribution in [0.5, 0.6) is 0 Å². The van der Waals surface area contributed by atoms with E-state index in [1.807, 2.05) is 0 Å². The van der Waals surface area contributed by atoms with E-state index >= 15 is 0 Å². The highest BCUT2D eigenvalue weighted by Crippen LogP contribution is 2.36. The van der Waals surface area contributed by atoms with Crippen molar-refractivity contribution in [3.63, 3.8) is 0 Å². The molecule has 0 aliphatic rings. The summed E-state index contributed by atoms with van der Waals surface area (Å²) in [6.07, 6.45) is 0.441. The first-order chi connectivity index (χ1) is 6.70. The molecule has 15 heavy (non-hydrogen) atoms. The van der Waals surface area contributed by atoms with E-state index in [9.17, 15) is 4.79 Å². The Morgan fingerprint density at radius 2 is 1.73 bits per heavy atom. The molecule has 90 valence electrons. The molecule has 3 heteroatoms. The van der Waals surface area contributed by atoms with Gasteiger partial charge in [-0.15, -0.1) is 0 Å². The quantitative estimate of drug-likeness (QED) is 0.564. The molecule has 0 radical (unpaired) electrons. The maximum atomic E-state index is 10.9. The fourth-order valence-corrected chi connectivity index (χ4v) is 0.959. The highest BCUT2D eigenvalue weighted by atomic mass is 16.5. The van der Waals surface area contributed by atoms with Gasteiger partial charge in [0.1, 0.15) is 0 Å². The van der Waals surface area contributed by atoms with E-state index in [0.29, 0.717) is 13.0 Å². The molecule has 0 fully saturated rings. The highest BCUT2D eigenvalue weighted by Gasteiger charge is 2.31. The zero-order valence-electron chi connectivity index (χ0n) is 10.9. The first-order valence-corrected chi connectivity index (χ1v) is 5.48. The molecule has 0 unspecified atom stereocenters. The van der Waals surface area contributed by atoms with Gasteiger partial charge in [0.15, 0.2) is 0 Å². The van der Waals surface area contributed by atoms with Crippen LogP contribution in [0, 0.1) is 10.8 Å². The van der Waals surface area contributed by atoms with Crippen molar-refractivity contribution < 1.29 is 9.53 Å². The van der Waals surface area contributed by atoms with Crippen molar-refractivity contribution in [3.05, 3.63) is 0 Å². The smallest absolute Gasteiger partial charge is 0.306 e. The molecular formula is C12H25NO2. The Balaban J connectivity index is 3.82. The Morgan fingerprint density at radius 3 is 2.13 bits per heavy atom. The van der Waals surface area contributed by atoms with Crippen molar-refractivity contribution in [1.29, 1.82) is 0 Å². The van der Waals surface area contributed by atoms with Crippen molar-refractivity contribution in [1.82, 2.24) is 5.32 Å². The van der Waals surface area contributed by atoms with Crippen LogP contribution in [0.4, 0.5) is 0 Å². The van der Waals surface area contributed by atoms with Crippen molar-refractivity contribution in [2.75, 3.05) is 20.2 Å². The van der Waals surface area contributed by atoms with Crippen molar-refractivity contribution >= 4 is 5.97 Å². The standard InChI is InChI=1S/C12H25NO2/c1-11(2,3)12(4,5)9-13-8-7-10(14)15-6/h13H,7-9H2,1-6H3. The number of nitrogens with one attached hydrogen (secondary N) is 1. The van der Waals surface area contributed by atoms with Gasteiger partial charge >= 0.3 is 5.97 Å². The lowest BCUT2D eigenvalue weighted by Crippen LogP contribution is -2.40. The van der Waals surface area contributed by atoms with Gasteiger partial charge in [-0.05, 0) is 10.8 Å². The largest absolute Gasteiger partial charge is 0.469 e. The third-order valence-electron chi connectivity index (χ3n) is 3.33. The normalized spacial score (nSPS) is 12.7. The van der Waals surface area contributed by atoms with Gasteiger partial charge in [-0.25, -0.2) is 0 Å². The molecule has 0 aliphatic heterocycles. The number of carbonyl (C=O) groups excluding carboxylic acids is 1. The van der Waals surface area contributed by atoms with Crippen LogP contribution in [-0.2, 0) is 9.53 Å². The second-order valence-electron chi connectivity index (χ2n) is 5.64. The minimum Gasteiger partial charge on any atom is -0.469 e. The maximum absolute atomic E-state index is 10.9. The van der Waals surface area contributed by atoms with E-state index in [0.717, 1.165) is 6.54 Å². The maximum Gasteiger partial charge on any atom is 0.306 e. The summed E-state index contributed by atoms with van der Waals surface area (Å²) in [7, 11) is 1.42. The highest BCUT2D eigenvalue weighted by molar-refractivity contribution is 5.69. The fraction of sp³-hybridized carbons (Fsp3) is 0.917. The number of ether oxygens (including phenoxy) is 1. The number of hydrogen-bond donors (Lipinski definition) is 1. The molecule has 0 aliphatic carbocycles. The third-order valence-corrected chi connectivity index (χ3v) is 3.33. The molecule has 0 spiro atoms. The van der Waals surface area contributed by atoms with Crippen LogP contribution >= 0.6 is 0 Å². The van der Waals surface area contributed by atoms with Crippen LogP contribution in [0.15, 0.2) is 0 Å². The van der Waals surface area contributed by atoms with Crippen molar-refractivity contribution in [2.24, 2.45) is 10.8 Å². The van der Waals surface area contributed by atoms with Gasteiger partial charge in [-0.1, -0.05) is 34.6 Å². The van der Waals surface area contributed by atoms with Crippen LogP contribution in [0.3, 0.4) is 0 Å². The van der Waals surface area contributed by atoms with Crippen LogP contribution in [0.2, 0.25) is 0 Å². The lowest BCUT2D eigenvalue weighted by atomic mass is 9.69. The van der Waals surface area contributed by atoms with Gasteiger partial charge in [0, 0.05) is 13.1 Å². The molecule has 0 saturated heterocycles. The Bertz CT molecular complexity index is 204. The minimum absolute atomic E-state index is 0.156. The van der Waals surface area contributed by atoms with E-state index < -0.39 is 0 Å². The lowest BCUT2D eigenvalue weighted by molar-refractivity contribution is -0.140. The van der Waals surface area contributed by atoms with Crippen LogP contribution in [0.1, 0.15) is 41.0 Å². The first-order valence-electron chi connectivity index (χ1n) is 5.48. The Kier molecular flexibility index (Phi) is 5.29. The van der Waals surface area contributed by atoms with Crippen molar-refractivity contribution in [2.45, 2.75) is 41.0 Å². The summed E-state index contributed by atoms with van der Waals surface area (Å²) in [5.41, 5.74) is 0.467. The van der Waals surface area contributed by atoms with Gasteiger partial charge in [0.2, 0.25) is 0 Å². The summed E-state index contributed by atoms with van der Waals surface area (Å²) >= 11 is 0. The molecule has 0 heterocycles. The molecule has 0 aromatic carbocycles. The second-order valence-corrected chi connectivity index (χ2v) is 5.64. The topological polar surface area (TPSA) is 38.3 Å². The summed E-state index contributed by atoms with van der Waals surface area (Å²) in [6.45, 7) is 12.8. The van der Waals surface area contributed by atoms with E-state index in [1.165, 1.54) is 7.11 Å². The van der Waals surface area contributed by atoms with Crippen LogP contribution in [-0.4, -0.2) is 26.2 Å². The van der Waals surface area contributed by atoms with Crippen LogP contribution < -0.4 is 5.32 Å². The van der Waals surface area contributed by atoms with Gasteiger partial charge in [-0.2, -0.15) is 0 Å². The van der Waals surface area contributed by atoms with E-state index in [2.05, 4.69) is 44.7 Å². The molecule has 3 nitrogen and oxygen atoms in total. The predicted octanol–water partition coefficient (Wildman–Crippen LogP) is 2.21. The number of esters is 1. The van der Waals surface area contributed by atoms with Crippen LogP contribution in [0.25, 0.3) is 0 Å². The zero-order chi connectivity index (χ0) is 12.1. The van der Waals surface area contributed by atoms with Crippen molar-refractivity contribution in [3.8, 4) is 0 Å².